The molecule has 126 valence electrons. The number of anilines is 1. The van der Waals surface area contributed by atoms with Gasteiger partial charge in [0.1, 0.15) is 23.3 Å². The van der Waals surface area contributed by atoms with Crippen molar-refractivity contribution in [2.75, 3.05) is 31.1 Å². The van der Waals surface area contributed by atoms with Crippen LogP contribution in [-0.4, -0.2) is 48.1 Å². The number of nitrogens with zero attached hydrogens (tertiary/aromatic N) is 3. The highest BCUT2D eigenvalue weighted by Crippen LogP contribution is 2.23. The molecule has 1 saturated heterocycles. The second-order valence-corrected chi connectivity index (χ2v) is 5.77. The van der Waals surface area contributed by atoms with Gasteiger partial charge >= 0.3 is 5.97 Å². The van der Waals surface area contributed by atoms with E-state index < -0.39 is 5.97 Å². The minimum absolute atomic E-state index is 0.0758. The molecule has 2 rings (SSSR count). The van der Waals surface area contributed by atoms with Gasteiger partial charge in [-0.1, -0.05) is 11.6 Å². The molecule has 8 heteroatoms. The van der Waals surface area contributed by atoms with Gasteiger partial charge in [-0.3, -0.25) is 9.59 Å². The fraction of sp³-hybridized carbons (Fsp3) is 0.600. The van der Waals surface area contributed by atoms with E-state index in [9.17, 15) is 9.59 Å². The molecule has 0 aromatic carbocycles. The Morgan fingerprint density at radius 3 is 2.70 bits per heavy atom. The Bertz CT molecular complexity index is 554. The average molecular weight is 341 g/mol. The summed E-state index contributed by atoms with van der Waals surface area (Å²) < 4.78 is 4.79. The van der Waals surface area contributed by atoms with Crippen LogP contribution in [0.15, 0.2) is 6.07 Å². The maximum Gasteiger partial charge on any atom is 0.325 e. The van der Waals surface area contributed by atoms with E-state index in [0.29, 0.717) is 43.5 Å². The summed E-state index contributed by atoms with van der Waals surface area (Å²) in [5.41, 5.74) is 0. The number of nitrogens with one attached hydrogen (secondary N) is 1. The molecule has 0 unspecified atom stereocenters. The second-order valence-electron chi connectivity index (χ2n) is 5.38. The number of hydrogen-bond acceptors (Lipinski definition) is 6. The van der Waals surface area contributed by atoms with Crippen molar-refractivity contribution in [1.29, 1.82) is 0 Å². The van der Waals surface area contributed by atoms with Crippen LogP contribution in [0, 0.1) is 12.8 Å². The lowest BCUT2D eigenvalue weighted by Crippen LogP contribution is -2.42. The number of halogens is 1. The molecule has 0 saturated carbocycles. The van der Waals surface area contributed by atoms with Crippen molar-refractivity contribution in [3.05, 3.63) is 17.0 Å². The molecule has 1 aromatic heterocycles. The van der Waals surface area contributed by atoms with Crippen LogP contribution in [0.5, 0.6) is 0 Å². The van der Waals surface area contributed by atoms with Gasteiger partial charge in [-0.2, -0.15) is 0 Å². The Kier molecular flexibility index (Phi) is 6.15. The van der Waals surface area contributed by atoms with E-state index in [0.717, 1.165) is 5.82 Å². The smallest absolute Gasteiger partial charge is 0.325 e. The summed E-state index contributed by atoms with van der Waals surface area (Å²) in [6.45, 7) is 5.19. The zero-order valence-corrected chi connectivity index (χ0v) is 14.1. The minimum Gasteiger partial charge on any atom is -0.465 e. The topological polar surface area (TPSA) is 84.4 Å². The first-order valence-corrected chi connectivity index (χ1v) is 8.07. The van der Waals surface area contributed by atoms with Crippen LogP contribution < -0.4 is 10.2 Å². The molecule has 1 N–H and O–H groups in total. The first-order chi connectivity index (χ1) is 11.0. The van der Waals surface area contributed by atoms with Gasteiger partial charge in [-0.15, -0.1) is 0 Å². The van der Waals surface area contributed by atoms with Crippen molar-refractivity contribution in [1.82, 2.24) is 15.3 Å². The van der Waals surface area contributed by atoms with Gasteiger partial charge in [0.05, 0.1) is 6.61 Å². The zero-order chi connectivity index (χ0) is 16.8. The van der Waals surface area contributed by atoms with E-state index >= 15 is 0 Å². The summed E-state index contributed by atoms with van der Waals surface area (Å²) in [6.07, 6.45) is 1.41. The number of piperidine rings is 1. The third-order valence-electron chi connectivity index (χ3n) is 3.70. The maximum atomic E-state index is 12.1. The minimum atomic E-state index is -0.413. The number of aryl methyl sites for hydroxylation is 1. The van der Waals surface area contributed by atoms with Gasteiger partial charge < -0.3 is 15.0 Å². The molecular formula is C15H21ClN4O3. The fourth-order valence-electron chi connectivity index (χ4n) is 2.56. The van der Waals surface area contributed by atoms with Crippen LogP contribution in [0.4, 0.5) is 5.82 Å². The van der Waals surface area contributed by atoms with Crippen molar-refractivity contribution in [3.8, 4) is 0 Å². The van der Waals surface area contributed by atoms with Crippen LogP contribution in [0.1, 0.15) is 25.6 Å². The highest BCUT2D eigenvalue weighted by Gasteiger charge is 2.26. The molecule has 1 aromatic rings. The van der Waals surface area contributed by atoms with Gasteiger partial charge in [-0.05, 0) is 26.7 Å². The average Bonchev–Trinajstić information content (AvgIpc) is 2.52. The van der Waals surface area contributed by atoms with Crippen molar-refractivity contribution < 1.29 is 14.3 Å². The summed E-state index contributed by atoms with van der Waals surface area (Å²) >= 11 is 5.96. The van der Waals surface area contributed by atoms with Gasteiger partial charge in [0.25, 0.3) is 0 Å². The second kappa shape index (κ2) is 8.10. The molecule has 23 heavy (non-hydrogen) atoms. The zero-order valence-electron chi connectivity index (χ0n) is 13.3. The summed E-state index contributed by atoms with van der Waals surface area (Å²) in [7, 11) is 0. The number of carbonyl (C=O) groups excluding carboxylic acids is 2. The first-order valence-electron chi connectivity index (χ1n) is 7.69. The van der Waals surface area contributed by atoms with Crippen LogP contribution in [-0.2, 0) is 14.3 Å². The number of carbonyl (C=O) groups is 2. The third-order valence-corrected chi connectivity index (χ3v) is 3.89. The van der Waals surface area contributed by atoms with Crippen molar-refractivity contribution in [3.63, 3.8) is 0 Å². The molecule has 1 amide bonds. The van der Waals surface area contributed by atoms with Crippen LogP contribution in [0.25, 0.3) is 0 Å². The highest BCUT2D eigenvalue weighted by molar-refractivity contribution is 6.29. The van der Waals surface area contributed by atoms with E-state index in [1.807, 2.05) is 0 Å². The standard InChI is InChI=1S/C15H21ClN4O3/c1-3-23-14(21)9-17-15(22)11-4-6-20(7-5-11)13-8-12(16)18-10(2)19-13/h8,11H,3-7,9H2,1-2H3,(H,17,22). The quantitative estimate of drug-likeness (QED) is 0.643. The predicted octanol–water partition coefficient (Wildman–Crippen LogP) is 1.33. The number of aromatic nitrogens is 2. The number of esters is 1. The Morgan fingerprint density at radius 2 is 2.09 bits per heavy atom. The largest absolute Gasteiger partial charge is 0.465 e. The summed E-state index contributed by atoms with van der Waals surface area (Å²) in [4.78, 5) is 33.9. The van der Waals surface area contributed by atoms with Gasteiger partial charge in [0.15, 0.2) is 0 Å². The van der Waals surface area contributed by atoms with Crippen LogP contribution in [0.2, 0.25) is 5.15 Å². The number of rotatable bonds is 5. The molecule has 1 fully saturated rings. The Morgan fingerprint density at radius 1 is 1.39 bits per heavy atom. The number of ether oxygens (including phenoxy) is 1. The SMILES string of the molecule is CCOC(=O)CNC(=O)C1CCN(c2cc(Cl)nc(C)n2)CC1. The fourth-order valence-corrected chi connectivity index (χ4v) is 2.78. The van der Waals surface area contributed by atoms with Crippen molar-refractivity contribution in [2.45, 2.75) is 26.7 Å². The monoisotopic (exact) mass is 340 g/mol. The molecular weight excluding hydrogens is 320 g/mol. The molecule has 2 heterocycles. The van der Waals surface area contributed by atoms with Crippen LogP contribution >= 0.6 is 11.6 Å². The molecule has 0 bridgehead atoms. The first kappa shape index (κ1) is 17.5. The number of hydrogen-bond donors (Lipinski definition) is 1. The van der Waals surface area contributed by atoms with Crippen LogP contribution in [0.3, 0.4) is 0 Å². The van der Waals surface area contributed by atoms with Gasteiger partial charge in [0, 0.05) is 25.1 Å². The summed E-state index contributed by atoms with van der Waals surface area (Å²) in [6, 6.07) is 1.73. The van der Waals surface area contributed by atoms with Gasteiger partial charge in [-0.25, -0.2) is 9.97 Å². The van der Waals surface area contributed by atoms with E-state index in [4.69, 9.17) is 16.3 Å². The lowest BCUT2D eigenvalue weighted by atomic mass is 9.96. The predicted molar refractivity (Wildman–Crippen MR) is 86.4 cm³/mol. The maximum absolute atomic E-state index is 12.1. The normalized spacial score (nSPS) is 15.3. The molecule has 7 nitrogen and oxygen atoms in total. The number of amides is 1. The Hall–Kier alpha value is -1.89. The molecule has 0 radical (unpaired) electrons. The van der Waals surface area contributed by atoms with E-state index in [1.54, 1.807) is 19.9 Å². The molecule has 0 aliphatic carbocycles. The highest BCUT2D eigenvalue weighted by atomic mass is 35.5. The Balaban J connectivity index is 1.83. The molecule has 0 spiro atoms. The lowest BCUT2D eigenvalue weighted by Gasteiger charge is -2.32. The summed E-state index contributed by atoms with van der Waals surface area (Å²) in [5, 5.41) is 3.05. The Labute approximate surface area is 140 Å². The molecule has 1 aliphatic heterocycles. The molecule has 0 atom stereocenters. The molecule has 1 aliphatic rings. The third kappa shape index (κ3) is 5.06. The summed E-state index contributed by atoms with van der Waals surface area (Å²) in [5.74, 6) is 0.799. The lowest BCUT2D eigenvalue weighted by molar-refractivity contribution is -0.143. The van der Waals surface area contributed by atoms with Gasteiger partial charge in [0.2, 0.25) is 5.91 Å². The van der Waals surface area contributed by atoms with E-state index in [2.05, 4.69) is 20.2 Å². The van der Waals surface area contributed by atoms with E-state index in [1.165, 1.54) is 0 Å². The van der Waals surface area contributed by atoms with Crippen molar-refractivity contribution >= 4 is 29.3 Å². The van der Waals surface area contributed by atoms with E-state index in [-0.39, 0.29) is 18.4 Å². The van der Waals surface area contributed by atoms with Crippen molar-refractivity contribution in [2.24, 2.45) is 5.92 Å².